The number of pyridine rings is 1. The minimum absolute atomic E-state index is 0.0380. The molecule has 3 heterocycles. The summed E-state index contributed by atoms with van der Waals surface area (Å²) in [5.41, 5.74) is 8.68. The van der Waals surface area contributed by atoms with Crippen LogP contribution in [-0.4, -0.2) is 10.8 Å². The van der Waals surface area contributed by atoms with Crippen LogP contribution < -0.4 is 10.6 Å². The number of Topliss-reactive ketones (excluding diaryl/α,β-unsaturated/α-hetero) is 1. The topological polar surface area (TPSA) is 83.0 Å². The van der Waals surface area contributed by atoms with Crippen LogP contribution in [0.4, 0.5) is 5.69 Å². The second-order valence-corrected chi connectivity index (χ2v) is 10.8. The first-order chi connectivity index (χ1) is 13.7. The van der Waals surface area contributed by atoms with Gasteiger partial charge < -0.3 is 5.73 Å². The number of halogens is 2. The van der Waals surface area contributed by atoms with Crippen molar-refractivity contribution in [1.82, 2.24) is 4.98 Å². The van der Waals surface area contributed by atoms with Crippen molar-refractivity contribution in [3.8, 4) is 6.07 Å². The van der Waals surface area contributed by atoms with Crippen LogP contribution in [0.3, 0.4) is 0 Å². The Morgan fingerprint density at radius 2 is 2.14 bits per heavy atom. The zero-order chi connectivity index (χ0) is 20.9. The van der Waals surface area contributed by atoms with Gasteiger partial charge in [0, 0.05) is 28.8 Å². The van der Waals surface area contributed by atoms with Crippen molar-refractivity contribution in [2.75, 3.05) is 4.90 Å². The molecule has 2 N–H and O–H groups in total. The van der Waals surface area contributed by atoms with Crippen LogP contribution in [-0.2, 0) is 4.79 Å². The Labute approximate surface area is 186 Å². The van der Waals surface area contributed by atoms with E-state index in [1.165, 1.54) is 11.3 Å². The van der Waals surface area contributed by atoms with Gasteiger partial charge in [-0.25, -0.2) is 4.98 Å². The molecule has 0 saturated carbocycles. The Kier molecular flexibility index (Phi) is 5.06. The van der Waals surface area contributed by atoms with E-state index in [1.54, 1.807) is 23.2 Å². The minimum atomic E-state index is -0.471. The third-order valence-corrected chi connectivity index (χ3v) is 7.22. The van der Waals surface area contributed by atoms with E-state index in [9.17, 15) is 10.1 Å². The largest absolute Gasteiger partial charge is 0.384 e. The van der Waals surface area contributed by atoms with Crippen molar-refractivity contribution >= 4 is 50.3 Å². The van der Waals surface area contributed by atoms with Crippen molar-refractivity contribution < 1.29 is 4.79 Å². The number of aromatic nitrogens is 1. The Morgan fingerprint density at radius 3 is 2.76 bits per heavy atom. The lowest BCUT2D eigenvalue weighted by molar-refractivity contribution is -0.118. The fraction of sp³-hybridized carbons (Fsp3) is 0.286. The number of nitriles is 1. The van der Waals surface area contributed by atoms with Gasteiger partial charge in [0.05, 0.1) is 27.0 Å². The van der Waals surface area contributed by atoms with Crippen molar-refractivity contribution in [3.05, 3.63) is 66.9 Å². The van der Waals surface area contributed by atoms with Gasteiger partial charge in [0.15, 0.2) is 10.9 Å². The monoisotopic (exact) mass is 488 g/mol. The molecule has 148 valence electrons. The van der Waals surface area contributed by atoms with E-state index in [-0.39, 0.29) is 16.4 Å². The van der Waals surface area contributed by atoms with E-state index in [4.69, 9.17) is 17.3 Å². The van der Waals surface area contributed by atoms with Crippen molar-refractivity contribution in [2.24, 2.45) is 11.1 Å². The van der Waals surface area contributed by atoms with Crippen molar-refractivity contribution in [1.29, 1.82) is 5.26 Å². The maximum Gasteiger partial charge on any atom is 0.162 e. The van der Waals surface area contributed by atoms with Crippen LogP contribution in [0.5, 0.6) is 0 Å². The first-order valence-corrected chi connectivity index (χ1v) is 11.0. The van der Waals surface area contributed by atoms with E-state index in [0.29, 0.717) is 35.5 Å². The maximum atomic E-state index is 13.4. The summed E-state index contributed by atoms with van der Waals surface area (Å²) in [4.78, 5) is 20.2. The Morgan fingerprint density at radius 1 is 1.38 bits per heavy atom. The number of thiophene rings is 1. The molecule has 29 heavy (non-hydrogen) atoms. The quantitative estimate of drug-likeness (QED) is 0.563. The van der Waals surface area contributed by atoms with Crippen LogP contribution in [0, 0.1) is 16.7 Å². The first-order valence-electron chi connectivity index (χ1n) is 9.05. The summed E-state index contributed by atoms with van der Waals surface area (Å²) in [6.07, 6.45) is 2.65. The third kappa shape index (κ3) is 3.39. The molecular weight excluding hydrogens is 472 g/mol. The Bertz CT molecular complexity index is 1130. The molecule has 1 aliphatic carbocycles. The third-order valence-electron chi connectivity index (χ3n) is 5.24. The van der Waals surface area contributed by atoms with Gasteiger partial charge in [-0.1, -0.05) is 25.4 Å². The van der Waals surface area contributed by atoms with E-state index in [0.717, 1.165) is 14.4 Å². The number of ketones is 1. The maximum absolute atomic E-state index is 13.4. The van der Waals surface area contributed by atoms with E-state index < -0.39 is 5.92 Å². The fourth-order valence-corrected chi connectivity index (χ4v) is 5.84. The molecule has 0 unspecified atom stereocenters. The summed E-state index contributed by atoms with van der Waals surface area (Å²) in [5, 5.41) is 10.3. The molecule has 0 amide bonds. The molecule has 2 aromatic heterocycles. The minimum Gasteiger partial charge on any atom is -0.384 e. The highest BCUT2D eigenvalue weighted by atomic mass is 79.9. The molecule has 2 aliphatic rings. The second kappa shape index (κ2) is 7.28. The molecule has 5 nitrogen and oxygen atoms in total. The van der Waals surface area contributed by atoms with Gasteiger partial charge in [0.25, 0.3) is 0 Å². The number of carbonyl (C=O) groups is 1. The summed E-state index contributed by atoms with van der Waals surface area (Å²) >= 11 is 11.4. The van der Waals surface area contributed by atoms with Crippen LogP contribution in [0.2, 0.25) is 5.15 Å². The second-order valence-electron chi connectivity index (χ2n) is 7.94. The normalized spacial score (nSPS) is 21.3. The van der Waals surface area contributed by atoms with Gasteiger partial charge in [-0.2, -0.15) is 5.26 Å². The predicted octanol–water partition coefficient (Wildman–Crippen LogP) is 5.50. The van der Waals surface area contributed by atoms with E-state index in [2.05, 4.69) is 40.8 Å². The van der Waals surface area contributed by atoms with Crippen molar-refractivity contribution in [3.63, 3.8) is 0 Å². The van der Waals surface area contributed by atoms with Crippen LogP contribution in [0.25, 0.3) is 0 Å². The van der Waals surface area contributed by atoms with Gasteiger partial charge >= 0.3 is 0 Å². The molecule has 0 bridgehead atoms. The lowest BCUT2D eigenvalue weighted by Crippen LogP contribution is -2.42. The fourth-order valence-electron chi connectivity index (χ4n) is 4.10. The highest BCUT2D eigenvalue weighted by Gasteiger charge is 2.45. The molecule has 2 aromatic rings. The molecule has 0 aromatic carbocycles. The average molecular weight is 490 g/mol. The van der Waals surface area contributed by atoms with Gasteiger partial charge in [-0.3, -0.25) is 9.69 Å². The van der Waals surface area contributed by atoms with E-state index >= 15 is 0 Å². The number of nitrogens with zero attached hydrogens (tertiary/aromatic N) is 3. The zero-order valence-electron chi connectivity index (χ0n) is 15.9. The average Bonchev–Trinajstić information content (AvgIpc) is 3.07. The smallest absolute Gasteiger partial charge is 0.162 e. The number of rotatable bonds is 2. The molecule has 1 aliphatic heterocycles. The van der Waals surface area contributed by atoms with Crippen molar-refractivity contribution in [2.45, 2.75) is 32.6 Å². The van der Waals surface area contributed by atoms with E-state index in [1.807, 2.05) is 12.1 Å². The highest BCUT2D eigenvalue weighted by molar-refractivity contribution is 9.11. The molecule has 0 saturated heterocycles. The van der Waals surface area contributed by atoms with Gasteiger partial charge in [0.2, 0.25) is 0 Å². The number of anilines is 1. The van der Waals surface area contributed by atoms with Crippen LogP contribution in [0.15, 0.2) is 56.9 Å². The van der Waals surface area contributed by atoms with Gasteiger partial charge in [-0.15, -0.1) is 11.3 Å². The standard InChI is InChI=1S/C21H18BrClN4OS/c1-21(2)8-13-18(14(28)9-21)17(15-5-6-16(22)29-15)11(10-24)20(25)27(13)12-4-3-7-26-19(12)23/h3-7,17H,8-9,25H2,1-2H3/t17-/m0/s1. The lowest BCUT2D eigenvalue weighted by Gasteiger charge is -2.43. The lowest BCUT2D eigenvalue weighted by atomic mass is 9.69. The Balaban J connectivity index is 2.02. The number of hydrogen-bond acceptors (Lipinski definition) is 6. The van der Waals surface area contributed by atoms with Crippen LogP contribution >= 0.6 is 38.9 Å². The van der Waals surface area contributed by atoms with Gasteiger partial charge in [0.1, 0.15) is 5.82 Å². The SMILES string of the molecule is CC1(C)CC(=O)C2=C(C1)N(c1cccnc1Cl)C(N)=C(C#N)[C@H]2c1ccc(Br)s1. The molecule has 4 rings (SSSR count). The van der Waals surface area contributed by atoms with Crippen LogP contribution in [0.1, 0.15) is 37.5 Å². The number of nitrogens with two attached hydrogens (primary N) is 1. The summed E-state index contributed by atoms with van der Waals surface area (Å²) in [7, 11) is 0. The molecule has 1 atom stereocenters. The molecular formula is C21H18BrClN4OS. The summed E-state index contributed by atoms with van der Waals surface area (Å²) in [6.45, 7) is 4.13. The highest BCUT2D eigenvalue weighted by Crippen LogP contribution is 2.51. The first kappa shape index (κ1) is 20.1. The molecule has 0 fully saturated rings. The molecule has 0 spiro atoms. The summed E-state index contributed by atoms with van der Waals surface area (Å²) < 4.78 is 0.937. The number of carbonyl (C=O) groups excluding carboxylic acids is 1. The van der Waals surface area contributed by atoms with Gasteiger partial charge in [-0.05, 0) is 52.0 Å². The molecule has 8 heteroatoms. The number of allylic oxidation sites excluding steroid dienone is 3. The molecule has 0 radical (unpaired) electrons. The summed E-state index contributed by atoms with van der Waals surface area (Å²) in [6, 6.07) is 9.69. The Hall–Kier alpha value is -2.14. The zero-order valence-corrected chi connectivity index (χ0v) is 19.0. The predicted molar refractivity (Wildman–Crippen MR) is 118 cm³/mol. The number of hydrogen-bond donors (Lipinski definition) is 1. The summed E-state index contributed by atoms with van der Waals surface area (Å²) in [5.74, 6) is -0.140.